The zero-order valence-corrected chi connectivity index (χ0v) is 30.3. The van der Waals surface area contributed by atoms with E-state index in [-0.39, 0.29) is 0 Å². The van der Waals surface area contributed by atoms with Gasteiger partial charge >= 0.3 is 0 Å². The molecule has 0 atom stereocenters. The van der Waals surface area contributed by atoms with Crippen molar-refractivity contribution >= 4 is 21.8 Å². The second-order valence-corrected chi connectivity index (χ2v) is 14.2. The van der Waals surface area contributed by atoms with Gasteiger partial charge in [0.15, 0.2) is 0 Å². The van der Waals surface area contributed by atoms with Crippen LogP contribution in [0.2, 0.25) is 0 Å². The van der Waals surface area contributed by atoms with E-state index in [4.69, 9.17) is 0 Å². The normalized spacial score (nSPS) is 11.3. The van der Waals surface area contributed by atoms with Gasteiger partial charge < -0.3 is 4.57 Å². The van der Waals surface area contributed by atoms with Crippen molar-refractivity contribution in [1.29, 1.82) is 0 Å². The van der Waals surface area contributed by atoms with Crippen LogP contribution in [0.5, 0.6) is 0 Å². The fraction of sp³-hybridized carbons (Fsp3) is 0. The lowest BCUT2D eigenvalue weighted by Gasteiger charge is -2.15. The summed E-state index contributed by atoms with van der Waals surface area (Å²) in [5.41, 5.74) is 17.9. The van der Waals surface area contributed by atoms with Crippen LogP contribution in [-0.4, -0.2) is 4.57 Å². The van der Waals surface area contributed by atoms with Gasteiger partial charge in [-0.25, -0.2) is 0 Å². The predicted molar refractivity (Wildman–Crippen MR) is 233 cm³/mol. The lowest BCUT2D eigenvalue weighted by molar-refractivity contribution is 1.18. The summed E-state index contributed by atoms with van der Waals surface area (Å²) in [4.78, 5) is 0. The highest BCUT2D eigenvalue weighted by atomic mass is 15.0. The van der Waals surface area contributed by atoms with Crippen LogP contribution in [0.25, 0.3) is 94.3 Å². The molecule has 0 bridgehead atoms. The molecule has 0 aliphatic heterocycles. The fourth-order valence-electron chi connectivity index (χ4n) is 7.97. The summed E-state index contributed by atoms with van der Waals surface area (Å²) < 4.78 is 2.46. The van der Waals surface area contributed by atoms with Crippen molar-refractivity contribution in [3.05, 3.63) is 224 Å². The maximum absolute atomic E-state index is 2.46. The van der Waals surface area contributed by atoms with Crippen molar-refractivity contribution in [2.45, 2.75) is 0 Å². The SMILES string of the molecule is c1ccc(-c2ccc(-c3cc(-c4ccc(-c5ccccc5)cc4)cc(-n4c5ccc(-c6ccccc6)cc5c5cc(-c6ccccc6)ccc54)c3)cc2)cc1. The Kier molecular flexibility index (Phi) is 8.24. The average Bonchev–Trinajstić information content (AvgIpc) is 3.60. The quantitative estimate of drug-likeness (QED) is 0.156. The van der Waals surface area contributed by atoms with Crippen LogP contribution in [-0.2, 0) is 0 Å². The molecule has 10 aromatic rings. The lowest BCUT2D eigenvalue weighted by Crippen LogP contribution is -1.96. The third kappa shape index (κ3) is 6.22. The molecule has 258 valence electrons. The van der Waals surface area contributed by atoms with E-state index in [0.717, 1.165) is 5.69 Å². The van der Waals surface area contributed by atoms with Crippen molar-refractivity contribution < 1.29 is 0 Å². The summed E-state index contributed by atoms with van der Waals surface area (Å²) in [6, 6.07) is 81.5. The minimum Gasteiger partial charge on any atom is -0.309 e. The molecule has 0 aliphatic carbocycles. The molecule has 0 N–H and O–H groups in total. The molecule has 0 aliphatic rings. The maximum atomic E-state index is 2.46. The highest BCUT2D eigenvalue weighted by Crippen LogP contribution is 2.40. The fourth-order valence-corrected chi connectivity index (χ4v) is 7.97. The third-order valence-electron chi connectivity index (χ3n) is 10.8. The van der Waals surface area contributed by atoms with Crippen LogP contribution in [0.4, 0.5) is 0 Å². The van der Waals surface area contributed by atoms with E-state index in [2.05, 4.69) is 229 Å². The summed E-state index contributed by atoms with van der Waals surface area (Å²) >= 11 is 0. The monoisotopic (exact) mass is 699 g/mol. The predicted octanol–water partition coefficient (Wildman–Crippen LogP) is 14.8. The molecule has 1 nitrogen and oxygen atoms in total. The number of benzene rings is 9. The van der Waals surface area contributed by atoms with E-state index in [0.29, 0.717) is 0 Å². The summed E-state index contributed by atoms with van der Waals surface area (Å²) in [5, 5.41) is 2.47. The largest absolute Gasteiger partial charge is 0.309 e. The highest BCUT2D eigenvalue weighted by molar-refractivity contribution is 6.12. The number of hydrogen-bond acceptors (Lipinski definition) is 0. The molecule has 1 heteroatoms. The van der Waals surface area contributed by atoms with E-state index in [1.54, 1.807) is 0 Å². The second kappa shape index (κ2) is 14.0. The van der Waals surface area contributed by atoms with Gasteiger partial charge in [-0.3, -0.25) is 0 Å². The van der Waals surface area contributed by atoms with E-state index in [9.17, 15) is 0 Å². The van der Waals surface area contributed by atoms with Gasteiger partial charge in [-0.05, 0) is 109 Å². The summed E-state index contributed by atoms with van der Waals surface area (Å²) in [6.07, 6.45) is 0. The van der Waals surface area contributed by atoms with Crippen LogP contribution in [0.3, 0.4) is 0 Å². The lowest BCUT2D eigenvalue weighted by atomic mass is 9.95. The zero-order chi connectivity index (χ0) is 36.6. The van der Waals surface area contributed by atoms with Crippen molar-refractivity contribution in [2.75, 3.05) is 0 Å². The van der Waals surface area contributed by atoms with Crippen molar-refractivity contribution in [3.8, 4) is 72.4 Å². The third-order valence-corrected chi connectivity index (χ3v) is 10.8. The second-order valence-electron chi connectivity index (χ2n) is 14.2. The first-order valence-corrected chi connectivity index (χ1v) is 18.9. The first kappa shape index (κ1) is 32.4. The number of nitrogens with zero attached hydrogens (tertiary/aromatic N) is 1. The Hall–Kier alpha value is -7.22. The molecule has 0 saturated carbocycles. The Bertz CT molecular complexity index is 2710. The van der Waals surface area contributed by atoms with Crippen LogP contribution in [0.1, 0.15) is 0 Å². The molecular formula is C54H37N. The van der Waals surface area contributed by atoms with Gasteiger partial charge in [0.2, 0.25) is 0 Å². The molecule has 10 rings (SSSR count). The van der Waals surface area contributed by atoms with Crippen LogP contribution < -0.4 is 0 Å². The smallest absolute Gasteiger partial charge is 0.0541 e. The molecule has 0 spiro atoms. The van der Waals surface area contributed by atoms with Gasteiger partial charge in [-0.1, -0.05) is 182 Å². The molecule has 0 unspecified atom stereocenters. The minimum absolute atomic E-state index is 1.13. The Morgan fingerprint density at radius 1 is 0.200 bits per heavy atom. The Morgan fingerprint density at radius 2 is 0.473 bits per heavy atom. The molecular weight excluding hydrogens is 663 g/mol. The standard InChI is InChI=1S/C54H37N/c1-5-13-38(14-6-1)42-21-25-44(26-22-42)48-33-49(45-27-23-43(24-28-45)39-15-7-2-8-16-39)35-50(34-48)55-53-31-29-46(40-17-9-3-10-18-40)36-51(53)52-37-47(30-32-54(52)55)41-19-11-4-12-20-41/h1-37H. The van der Waals surface area contributed by atoms with Crippen molar-refractivity contribution in [3.63, 3.8) is 0 Å². The molecule has 0 radical (unpaired) electrons. The van der Waals surface area contributed by atoms with E-state index >= 15 is 0 Å². The Balaban J connectivity index is 1.18. The van der Waals surface area contributed by atoms with Crippen LogP contribution >= 0.6 is 0 Å². The zero-order valence-electron chi connectivity index (χ0n) is 30.3. The molecule has 1 heterocycles. The van der Waals surface area contributed by atoms with Gasteiger partial charge in [0.25, 0.3) is 0 Å². The van der Waals surface area contributed by atoms with Gasteiger partial charge in [0, 0.05) is 16.5 Å². The number of rotatable bonds is 7. The average molecular weight is 700 g/mol. The Morgan fingerprint density at radius 3 is 0.818 bits per heavy atom. The summed E-state index contributed by atoms with van der Waals surface area (Å²) in [6.45, 7) is 0. The maximum Gasteiger partial charge on any atom is 0.0541 e. The highest BCUT2D eigenvalue weighted by Gasteiger charge is 2.17. The van der Waals surface area contributed by atoms with Crippen LogP contribution in [0, 0.1) is 0 Å². The van der Waals surface area contributed by atoms with Gasteiger partial charge in [0.1, 0.15) is 0 Å². The van der Waals surface area contributed by atoms with Crippen molar-refractivity contribution in [2.24, 2.45) is 0 Å². The molecule has 9 aromatic carbocycles. The Labute approximate surface area is 322 Å². The molecule has 0 amide bonds. The summed E-state index contributed by atoms with van der Waals surface area (Å²) in [7, 11) is 0. The van der Waals surface area contributed by atoms with Gasteiger partial charge in [0.05, 0.1) is 11.0 Å². The molecule has 0 saturated heterocycles. The number of hydrogen-bond donors (Lipinski definition) is 0. The topological polar surface area (TPSA) is 4.93 Å². The van der Waals surface area contributed by atoms with E-state index < -0.39 is 0 Å². The first-order chi connectivity index (χ1) is 27.2. The first-order valence-electron chi connectivity index (χ1n) is 18.9. The molecule has 0 fully saturated rings. The van der Waals surface area contributed by atoms with Gasteiger partial charge in [-0.15, -0.1) is 0 Å². The summed E-state index contributed by atoms with van der Waals surface area (Å²) in [5.74, 6) is 0. The molecule has 1 aromatic heterocycles. The van der Waals surface area contributed by atoms with E-state index in [1.807, 2.05) is 0 Å². The van der Waals surface area contributed by atoms with E-state index in [1.165, 1.54) is 88.6 Å². The molecule has 55 heavy (non-hydrogen) atoms. The van der Waals surface area contributed by atoms with Crippen molar-refractivity contribution in [1.82, 2.24) is 4.57 Å². The number of aromatic nitrogens is 1. The van der Waals surface area contributed by atoms with Gasteiger partial charge in [-0.2, -0.15) is 0 Å². The number of fused-ring (bicyclic) bond motifs is 3. The van der Waals surface area contributed by atoms with Crippen LogP contribution in [0.15, 0.2) is 224 Å². The minimum atomic E-state index is 1.13.